The summed E-state index contributed by atoms with van der Waals surface area (Å²) in [5.74, 6) is 1.52. The molecular weight excluding hydrogens is 371 g/mol. The number of aliphatic imine (C=N–C) groups is 1. The lowest BCUT2D eigenvalue weighted by Gasteiger charge is -2.15. The van der Waals surface area contributed by atoms with Crippen molar-refractivity contribution in [2.75, 3.05) is 20.3 Å². The van der Waals surface area contributed by atoms with Crippen LogP contribution in [-0.2, 0) is 13.1 Å². The van der Waals surface area contributed by atoms with Crippen LogP contribution in [0.25, 0.3) is 0 Å². The van der Waals surface area contributed by atoms with E-state index in [1.54, 1.807) is 25.3 Å². The highest BCUT2D eigenvalue weighted by Crippen LogP contribution is 2.22. The van der Waals surface area contributed by atoms with Crippen molar-refractivity contribution in [2.45, 2.75) is 26.2 Å². The van der Waals surface area contributed by atoms with E-state index in [2.05, 4.69) is 15.6 Å². The largest absolute Gasteiger partial charge is 0.497 e. The van der Waals surface area contributed by atoms with Crippen molar-refractivity contribution in [1.82, 2.24) is 10.6 Å². The molecular formula is C20H24F3N3O2. The molecule has 2 aromatic rings. The zero-order valence-electron chi connectivity index (χ0n) is 15.8. The van der Waals surface area contributed by atoms with Crippen LogP contribution in [0.3, 0.4) is 0 Å². The van der Waals surface area contributed by atoms with Crippen LogP contribution < -0.4 is 20.1 Å². The van der Waals surface area contributed by atoms with Crippen molar-refractivity contribution in [3.8, 4) is 11.5 Å². The Morgan fingerprint density at radius 1 is 1.04 bits per heavy atom. The van der Waals surface area contributed by atoms with E-state index in [0.717, 1.165) is 11.3 Å². The summed E-state index contributed by atoms with van der Waals surface area (Å²) in [6.45, 7) is 2.00. The van der Waals surface area contributed by atoms with E-state index in [9.17, 15) is 13.2 Å². The van der Waals surface area contributed by atoms with Gasteiger partial charge in [0.2, 0.25) is 0 Å². The highest BCUT2D eigenvalue weighted by molar-refractivity contribution is 5.79. The molecule has 0 aliphatic heterocycles. The summed E-state index contributed by atoms with van der Waals surface area (Å²) in [7, 11) is 1.61. The fraction of sp³-hybridized carbons (Fsp3) is 0.350. The summed E-state index contributed by atoms with van der Waals surface area (Å²) in [6, 6.07) is 14.2. The fourth-order valence-corrected chi connectivity index (χ4v) is 2.37. The van der Waals surface area contributed by atoms with Gasteiger partial charge in [0.25, 0.3) is 0 Å². The quantitative estimate of drug-likeness (QED) is 0.526. The molecule has 0 saturated carbocycles. The summed E-state index contributed by atoms with van der Waals surface area (Å²) in [4.78, 5) is 4.50. The average molecular weight is 395 g/mol. The van der Waals surface area contributed by atoms with Gasteiger partial charge in [-0.05, 0) is 30.7 Å². The van der Waals surface area contributed by atoms with Gasteiger partial charge in [-0.3, -0.25) is 0 Å². The number of ether oxygens (including phenoxy) is 2. The number of benzene rings is 2. The average Bonchev–Trinajstić information content (AvgIpc) is 2.69. The SMILES string of the molecule is CCNC(=NCc1ccc(OC)cc1)NCc1ccccc1OCC(F)(F)F. The van der Waals surface area contributed by atoms with E-state index < -0.39 is 12.8 Å². The molecule has 2 aromatic carbocycles. The number of methoxy groups -OCH3 is 1. The minimum Gasteiger partial charge on any atom is -0.497 e. The van der Waals surface area contributed by atoms with E-state index in [1.807, 2.05) is 31.2 Å². The molecule has 2 rings (SSSR count). The Balaban J connectivity index is 2.00. The van der Waals surface area contributed by atoms with Crippen LogP contribution in [0.15, 0.2) is 53.5 Å². The second kappa shape index (κ2) is 10.4. The fourth-order valence-electron chi connectivity index (χ4n) is 2.37. The van der Waals surface area contributed by atoms with Gasteiger partial charge < -0.3 is 20.1 Å². The van der Waals surface area contributed by atoms with Crippen molar-refractivity contribution >= 4 is 5.96 Å². The minimum atomic E-state index is -4.38. The Bertz CT molecular complexity index is 762. The molecule has 152 valence electrons. The van der Waals surface area contributed by atoms with Gasteiger partial charge in [-0.1, -0.05) is 30.3 Å². The Hall–Kier alpha value is -2.90. The third-order valence-electron chi connectivity index (χ3n) is 3.73. The second-order valence-corrected chi connectivity index (χ2v) is 5.91. The normalized spacial score (nSPS) is 11.8. The van der Waals surface area contributed by atoms with E-state index >= 15 is 0 Å². The molecule has 0 atom stereocenters. The number of rotatable bonds is 8. The number of para-hydroxylation sites is 1. The molecule has 0 saturated heterocycles. The maximum absolute atomic E-state index is 12.4. The zero-order chi connectivity index (χ0) is 20.4. The standard InChI is InChI=1S/C20H24F3N3O2/c1-3-24-19(25-12-15-8-10-17(27-2)11-9-15)26-13-16-6-4-5-7-18(16)28-14-20(21,22)23/h4-11H,3,12-14H2,1-2H3,(H2,24,25,26). The summed E-state index contributed by atoms with van der Waals surface area (Å²) < 4.78 is 47.3. The van der Waals surface area contributed by atoms with Crippen molar-refractivity contribution in [3.05, 3.63) is 59.7 Å². The number of nitrogens with zero attached hydrogens (tertiary/aromatic N) is 1. The molecule has 0 bridgehead atoms. The van der Waals surface area contributed by atoms with Crippen molar-refractivity contribution in [1.29, 1.82) is 0 Å². The molecule has 0 spiro atoms. The van der Waals surface area contributed by atoms with Crippen LogP contribution in [0, 0.1) is 0 Å². The predicted octanol–water partition coefficient (Wildman–Crippen LogP) is 3.89. The first-order chi connectivity index (χ1) is 13.4. The third-order valence-corrected chi connectivity index (χ3v) is 3.73. The van der Waals surface area contributed by atoms with Crippen LogP contribution in [0.5, 0.6) is 11.5 Å². The number of guanidine groups is 1. The first-order valence-corrected chi connectivity index (χ1v) is 8.84. The van der Waals surface area contributed by atoms with E-state index in [1.165, 1.54) is 6.07 Å². The van der Waals surface area contributed by atoms with Crippen LogP contribution >= 0.6 is 0 Å². The summed E-state index contributed by atoms with van der Waals surface area (Å²) in [6.07, 6.45) is -4.38. The number of nitrogens with one attached hydrogen (secondary N) is 2. The maximum atomic E-state index is 12.4. The number of halogens is 3. The van der Waals surface area contributed by atoms with E-state index in [-0.39, 0.29) is 12.3 Å². The molecule has 0 amide bonds. The molecule has 0 aliphatic rings. The Labute approximate surface area is 162 Å². The van der Waals surface area contributed by atoms with Crippen LogP contribution in [0.2, 0.25) is 0 Å². The third kappa shape index (κ3) is 7.38. The Morgan fingerprint density at radius 2 is 1.75 bits per heavy atom. The van der Waals surface area contributed by atoms with E-state index in [4.69, 9.17) is 9.47 Å². The number of hydrogen-bond donors (Lipinski definition) is 2. The Morgan fingerprint density at radius 3 is 2.39 bits per heavy atom. The van der Waals surface area contributed by atoms with Gasteiger partial charge in [-0.25, -0.2) is 4.99 Å². The smallest absolute Gasteiger partial charge is 0.422 e. The second-order valence-electron chi connectivity index (χ2n) is 5.91. The van der Waals surface area contributed by atoms with Gasteiger partial charge in [0.05, 0.1) is 13.7 Å². The number of hydrogen-bond acceptors (Lipinski definition) is 3. The maximum Gasteiger partial charge on any atom is 0.422 e. The lowest BCUT2D eigenvalue weighted by atomic mass is 10.2. The predicted molar refractivity (Wildman–Crippen MR) is 103 cm³/mol. The monoisotopic (exact) mass is 395 g/mol. The van der Waals surface area contributed by atoms with Crippen molar-refractivity contribution in [3.63, 3.8) is 0 Å². The molecule has 2 N–H and O–H groups in total. The van der Waals surface area contributed by atoms with Gasteiger partial charge >= 0.3 is 6.18 Å². The molecule has 0 fully saturated rings. The molecule has 0 unspecified atom stereocenters. The highest BCUT2D eigenvalue weighted by Gasteiger charge is 2.28. The molecule has 0 aliphatic carbocycles. The summed E-state index contributed by atoms with van der Waals surface area (Å²) in [5.41, 5.74) is 1.62. The summed E-state index contributed by atoms with van der Waals surface area (Å²) >= 11 is 0. The van der Waals surface area contributed by atoms with Gasteiger partial charge in [0, 0.05) is 18.7 Å². The first-order valence-electron chi connectivity index (χ1n) is 8.84. The summed E-state index contributed by atoms with van der Waals surface area (Å²) in [5, 5.41) is 6.24. The van der Waals surface area contributed by atoms with Crippen LogP contribution in [0.4, 0.5) is 13.2 Å². The lowest BCUT2D eigenvalue weighted by molar-refractivity contribution is -0.153. The molecule has 5 nitrogen and oxygen atoms in total. The topological polar surface area (TPSA) is 54.9 Å². The van der Waals surface area contributed by atoms with Crippen LogP contribution in [-0.4, -0.2) is 32.4 Å². The molecule has 0 radical (unpaired) electrons. The van der Waals surface area contributed by atoms with Crippen molar-refractivity contribution < 1.29 is 22.6 Å². The molecule has 0 aromatic heterocycles. The highest BCUT2D eigenvalue weighted by atomic mass is 19.4. The van der Waals surface area contributed by atoms with Gasteiger partial charge in [0.1, 0.15) is 11.5 Å². The van der Waals surface area contributed by atoms with E-state index in [0.29, 0.717) is 24.6 Å². The van der Waals surface area contributed by atoms with Crippen molar-refractivity contribution in [2.24, 2.45) is 4.99 Å². The first kappa shape index (κ1) is 21.4. The minimum absolute atomic E-state index is 0.193. The van der Waals surface area contributed by atoms with Crippen LogP contribution in [0.1, 0.15) is 18.1 Å². The molecule has 0 heterocycles. The molecule has 8 heteroatoms. The number of alkyl halides is 3. The zero-order valence-corrected chi connectivity index (χ0v) is 15.8. The lowest BCUT2D eigenvalue weighted by Crippen LogP contribution is -2.37. The Kier molecular flexibility index (Phi) is 7.98. The van der Waals surface area contributed by atoms with Gasteiger partial charge in [-0.15, -0.1) is 0 Å². The van der Waals surface area contributed by atoms with Gasteiger partial charge in [-0.2, -0.15) is 13.2 Å². The molecule has 28 heavy (non-hydrogen) atoms. The van der Waals surface area contributed by atoms with Gasteiger partial charge in [0.15, 0.2) is 12.6 Å².